The predicted octanol–water partition coefficient (Wildman–Crippen LogP) is 7.18. The summed E-state index contributed by atoms with van der Waals surface area (Å²) in [6.07, 6.45) is 4.85. The van der Waals surface area contributed by atoms with Gasteiger partial charge in [-0.2, -0.15) is 4.98 Å². The van der Waals surface area contributed by atoms with Crippen molar-refractivity contribution in [1.29, 1.82) is 0 Å². The fraction of sp³-hybridized carbons (Fsp3) is 0.346. The number of aromatic nitrogens is 3. The Morgan fingerprint density at radius 3 is 2.58 bits per heavy atom. The van der Waals surface area contributed by atoms with Crippen molar-refractivity contribution in [2.75, 3.05) is 5.32 Å². The summed E-state index contributed by atoms with van der Waals surface area (Å²) in [6, 6.07) is 11.1. The molecule has 1 aromatic heterocycles. The molecular formula is C26H25Cl2FN4O2S. The number of rotatable bonds is 6. The molecule has 0 radical (unpaired) electrons. The van der Waals surface area contributed by atoms with E-state index in [9.17, 15) is 9.18 Å². The first kappa shape index (κ1) is 25.1. The fourth-order valence-corrected chi connectivity index (χ4v) is 6.07. The van der Waals surface area contributed by atoms with E-state index in [1.165, 1.54) is 17.8 Å². The van der Waals surface area contributed by atoms with Crippen LogP contribution >= 0.6 is 35.0 Å². The number of nitrogens with one attached hydrogen (secondary N) is 1. The second-order valence-corrected chi connectivity index (χ2v) is 10.7. The van der Waals surface area contributed by atoms with Gasteiger partial charge >= 0.3 is 5.97 Å². The summed E-state index contributed by atoms with van der Waals surface area (Å²) in [5.74, 6) is 0.0998. The number of benzene rings is 2. The summed E-state index contributed by atoms with van der Waals surface area (Å²) >= 11 is 14.5. The largest absolute Gasteiger partial charge is 0.459 e. The fourth-order valence-electron chi connectivity index (χ4n) is 4.65. The van der Waals surface area contributed by atoms with Crippen LogP contribution in [-0.4, -0.2) is 26.8 Å². The molecule has 0 spiro atoms. The number of carbonyl (C=O) groups excluding carboxylic acids is 1. The lowest BCUT2D eigenvalue weighted by molar-refractivity contribution is -0.146. The zero-order valence-corrected chi connectivity index (χ0v) is 22.0. The lowest BCUT2D eigenvalue weighted by Gasteiger charge is -2.30. The molecule has 1 atom stereocenters. The van der Waals surface area contributed by atoms with Crippen LogP contribution in [0.1, 0.15) is 56.2 Å². The smallest absolute Gasteiger partial charge is 0.338 e. The molecular weight excluding hydrogens is 522 g/mol. The molecule has 1 unspecified atom stereocenters. The van der Waals surface area contributed by atoms with Crippen LogP contribution in [0.15, 0.2) is 58.9 Å². The molecule has 0 amide bonds. The van der Waals surface area contributed by atoms with Crippen LogP contribution in [0, 0.1) is 5.82 Å². The van der Waals surface area contributed by atoms with E-state index in [0.29, 0.717) is 49.3 Å². The summed E-state index contributed by atoms with van der Waals surface area (Å²) in [4.78, 5) is 18.1. The first-order valence-corrected chi connectivity index (χ1v) is 13.6. The van der Waals surface area contributed by atoms with E-state index in [-0.39, 0.29) is 11.9 Å². The van der Waals surface area contributed by atoms with Crippen molar-refractivity contribution in [3.63, 3.8) is 0 Å². The van der Waals surface area contributed by atoms with Gasteiger partial charge in [-0.05, 0) is 56.4 Å². The maximum absolute atomic E-state index is 14.1. The molecule has 10 heteroatoms. The summed E-state index contributed by atoms with van der Waals surface area (Å²) < 4.78 is 21.7. The van der Waals surface area contributed by atoms with Gasteiger partial charge in [0.15, 0.2) is 0 Å². The van der Waals surface area contributed by atoms with Crippen LogP contribution in [0.2, 0.25) is 10.0 Å². The van der Waals surface area contributed by atoms with E-state index in [1.54, 1.807) is 48.0 Å². The molecule has 1 aliphatic heterocycles. The monoisotopic (exact) mass is 546 g/mol. The van der Waals surface area contributed by atoms with Gasteiger partial charge in [-0.25, -0.2) is 13.9 Å². The maximum atomic E-state index is 14.1. The second-order valence-electron chi connectivity index (χ2n) is 8.91. The van der Waals surface area contributed by atoms with Crippen LogP contribution in [0.25, 0.3) is 0 Å². The normalized spacial score (nSPS) is 18.1. The van der Waals surface area contributed by atoms with Crippen LogP contribution in [-0.2, 0) is 15.3 Å². The van der Waals surface area contributed by atoms with E-state index < -0.39 is 12.0 Å². The lowest BCUT2D eigenvalue weighted by atomic mass is 9.94. The molecule has 2 heterocycles. The minimum Gasteiger partial charge on any atom is -0.459 e. The van der Waals surface area contributed by atoms with Gasteiger partial charge in [0.05, 0.1) is 5.57 Å². The third-order valence-corrected chi connectivity index (χ3v) is 8.01. The first-order chi connectivity index (χ1) is 17.4. The number of hydrogen-bond donors (Lipinski definition) is 1. The second kappa shape index (κ2) is 10.8. The van der Waals surface area contributed by atoms with E-state index in [1.807, 2.05) is 0 Å². The molecule has 1 aliphatic carbocycles. The number of carbonyl (C=O) groups is 1. The van der Waals surface area contributed by atoms with Crippen LogP contribution in [0.5, 0.6) is 0 Å². The number of nitrogens with zero attached hydrogens (tertiary/aromatic N) is 3. The molecule has 5 rings (SSSR count). The number of anilines is 1. The molecule has 2 aromatic carbocycles. The number of thioether (sulfide) groups is 1. The Morgan fingerprint density at radius 2 is 1.86 bits per heavy atom. The Kier molecular flexibility index (Phi) is 7.55. The SMILES string of the molecule is CC1=C(C(=O)OC2CCCCC2)C(c2c(Cl)cccc2Cl)n2nc(SCc3ccccc3F)nc2N1. The average Bonchev–Trinajstić information content (AvgIpc) is 3.26. The Balaban J connectivity index is 1.50. The third kappa shape index (κ3) is 5.12. The van der Waals surface area contributed by atoms with E-state index in [4.69, 9.17) is 27.9 Å². The number of ether oxygens (including phenoxy) is 1. The van der Waals surface area contributed by atoms with Crippen LogP contribution in [0.3, 0.4) is 0 Å². The molecule has 2 aliphatic rings. The van der Waals surface area contributed by atoms with Gasteiger partial charge in [-0.1, -0.05) is 65.7 Å². The number of hydrogen-bond acceptors (Lipinski definition) is 6. The highest BCUT2D eigenvalue weighted by Crippen LogP contribution is 2.42. The number of allylic oxidation sites excluding steroid dienone is 1. The summed E-state index contributed by atoms with van der Waals surface area (Å²) in [6.45, 7) is 1.81. The zero-order valence-electron chi connectivity index (χ0n) is 19.6. The number of fused-ring (bicyclic) bond motifs is 1. The molecule has 36 heavy (non-hydrogen) atoms. The highest BCUT2D eigenvalue weighted by Gasteiger charge is 2.38. The van der Waals surface area contributed by atoms with E-state index in [0.717, 1.165) is 32.1 Å². The Morgan fingerprint density at radius 1 is 1.14 bits per heavy atom. The quantitative estimate of drug-likeness (QED) is 0.261. The molecule has 3 aromatic rings. The molecule has 0 bridgehead atoms. The summed E-state index contributed by atoms with van der Waals surface area (Å²) in [5.41, 5.74) is 2.09. The number of halogens is 3. The Labute approximate surface area is 223 Å². The van der Waals surface area contributed by atoms with Crippen molar-refractivity contribution >= 4 is 46.9 Å². The topological polar surface area (TPSA) is 69.0 Å². The van der Waals surface area contributed by atoms with Gasteiger partial charge in [0.1, 0.15) is 18.0 Å². The minimum atomic E-state index is -0.728. The van der Waals surface area contributed by atoms with Gasteiger partial charge in [0.25, 0.3) is 0 Å². The molecule has 6 nitrogen and oxygen atoms in total. The molecule has 0 saturated heterocycles. The molecule has 1 N–H and O–H groups in total. The number of esters is 1. The first-order valence-electron chi connectivity index (χ1n) is 11.9. The predicted molar refractivity (Wildman–Crippen MR) is 140 cm³/mol. The summed E-state index contributed by atoms with van der Waals surface area (Å²) in [7, 11) is 0. The molecule has 1 fully saturated rings. The standard InChI is InChI=1S/C26H25Cl2FN4O2S/c1-15-21(24(34)35-17-9-3-2-4-10-17)23(22-18(27)11-7-12-19(22)28)33-25(30-15)31-26(32-33)36-14-16-8-5-6-13-20(16)29/h5-8,11-13,17,23H,2-4,9-10,14H2,1H3,(H,30,31,32). The molecule has 1 saturated carbocycles. The third-order valence-electron chi connectivity index (χ3n) is 6.47. The maximum Gasteiger partial charge on any atom is 0.338 e. The van der Waals surface area contributed by atoms with Gasteiger partial charge in [0.2, 0.25) is 11.1 Å². The molecule has 188 valence electrons. The van der Waals surface area contributed by atoms with Crippen LogP contribution in [0.4, 0.5) is 10.3 Å². The van der Waals surface area contributed by atoms with Crippen molar-refractivity contribution < 1.29 is 13.9 Å². The zero-order chi connectivity index (χ0) is 25.2. The van der Waals surface area contributed by atoms with Crippen molar-refractivity contribution in [2.24, 2.45) is 0 Å². The van der Waals surface area contributed by atoms with Crippen LogP contribution < -0.4 is 5.32 Å². The van der Waals surface area contributed by atoms with Crippen molar-refractivity contribution in [3.05, 3.63) is 80.7 Å². The van der Waals surface area contributed by atoms with E-state index >= 15 is 0 Å². The van der Waals surface area contributed by atoms with Gasteiger partial charge in [-0.15, -0.1) is 5.10 Å². The Bertz CT molecular complexity index is 1300. The highest BCUT2D eigenvalue weighted by molar-refractivity contribution is 7.98. The van der Waals surface area contributed by atoms with Crippen molar-refractivity contribution in [2.45, 2.75) is 62.1 Å². The highest BCUT2D eigenvalue weighted by atomic mass is 35.5. The van der Waals surface area contributed by atoms with Gasteiger partial charge < -0.3 is 10.1 Å². The average molecular weight is 547 g/mol. The Hall–Kier alpha value is -2.55. The summed E-state index contributed by atoms with van der Waals surface area (Å²) in [5, 5.41) is 9.12. The minimum absolute atomic E-state index is 0.113. The lowest BCUT2D eigenvalue weighted by Crippen LogP contribution is -2.32. The van der Waals surface area contributed by atoms with Crippen molar-refractivity contribution in [3.8, 4) is 0 Å². The van der Waals surface area contributed by atoms with Crippen molar-refractivity contribution in [1.82, 2.24) is 14.8 Å². The van der Waals surface area contributed by atoms with Gasteiger partial charge in [0, 0.05) is 27.1 Å². The van der Waals surface area contributed by atoms with Gasteiger partial charge in [-0.3, -0.25) is 0 Å². The van der Waals surface area contributed by atoms with E-state index in [2.05, 4.69) is 15.4 Å².